The number of aromatic nitrogens is 1. The molecule has 31 heavy (non-hydrogen) atoms. The first-order chi connectivity index (χ1) is 14.9. The van der Waals surface area contributed by atoms with Crippen LogP contribution in [0, 0.1) is 5.82 Å². The molecular formula is C22H23FN2O5S. The van der Waals surface area contributed by atoms with Crippen LogP contribution in [0.5, 0.6) is 17.2 Å². The molecule has 0 bridgehead atoms. The highest BCUT2D eigenvalue weighted by Crippen LogP contribution is 2.44. The van der Waals surface area contributed by atoms with Crippen LogP contribution in [0.1, 0.15) is 17.3 Å². The fraction of sp³-hybridized carbons (Fsp3) is 0.273. The molecular weight excluding hydrogens is 423 g/mol. The highest BCUT2D eigenvalue weighted by molar-refractivity contribution is 7.89. The summed E-state index contributed by atoms with van der Waals surface area (Å²) < 4.78 is 60.3. The number of hydrogen-bond donors (Lipinski definition) is 0. The first-order valence-corrected chi connectivity index (χ1v) is 11.1. The van der Waals surface area contributed by atoms with E-state index < -0.39 is 21.9 Å². The zero-order valence-corrected chi connectivity index (χ0v) is 18.2. The molecule has 164 valence electrons. The van der Waals surface area contributed by atoms with Gasteiger partial charge in [0.1, 0.15) is 5.82 Å². The van der Waals surface area contributed by atoms with Crippen molar-refractivity contribution in [2.45, 2.75) is 17.5 Å². The van der Waals surface area contributed by atoms with Gasteiger partial charge in [-0.05, 0) is 54.1 Å². The van der Waals surface area contributed by atoms with Crippen molar-refractivity contribution in [3.63, 3.8) is 0 Å². The van der Waals surface area contributed by atoms with E-state index in [4.69, 9.17) is 14.2 Å². The van der Waals surface area contributed by atoms with Crippen LogP contribution in [0.3, 0.4) is 0 Å². The lowest BCUT2D eigenvalue weighted by Gasteiger charge is -2.36. The van der Waals surface area contributed by atoms with Crippen molar-refractivity contribution in [3.8, 4) is 17.2 Å². The van der Waals surface area contributed by atoms with E-state index in [9.17, 15) is 12.8 Å². The van der Waals surface area contributed by atoms with Gasteiger partial charge in [-0.3, -0.25) is 0 Å². The van der Waals surface area contributed by atoms with Crippen LogP contribution in [-0.2, 0) is 16.6 Å². The summed E-state index contributed by atoms with van der Waals surface area (Å²) in [6, 6.07) is 11.5. The van der Waals surface area contributed by atoms with E-state index in [1.54, 1.807) is 12.1 Å². The van der Waals surface area contributed by atoms with Crippen LogP contribution < -0.4 is 14.2 Å². The van der Waals surface area contributed by atoms with Crippen LogP contribution in [0.4, 0.5) is 4.39 Å². The summed E-state index contributed by atoms with van der Waals surface area (Å²) in [5.74, 6) is 0.792. The van der Waals surface area contributed by atoms with Gasteiger partial charge in [0.05, 0.1) is 32.3 Å². The van der Waals surface area contributed by atoms with E-state index in [2.05, 4.69) is 0 Å². The van der Waals surface area contributed by atoms with Crippen LogP contribution >= 0.6 is 0 Å². The second-order valence-corrected chi connectivity index (χ2v) is 8.95. The Kier molecular flexibility index (Phi) is 5.63. The van der Waals surface area contributed by atoms with E-state index in [0.717, 1.165) is 17.8 Å². The van der Waals surface area contributed by atoms with Crippen LogP contribution in [0.2, 0.25) is 0 Å². The molecule has 1 aliphatic heterocycles. The lowest BCUT2D eigenvalue weighted by atomic mass is 10.0. The number of halogens is 1. The molecule has 2 heterocycles. The first-order valence-electron chi connectivity index (χ1n) is 9.63. The van der Waals surface area contributed by atoms with Crippen molar-refractivity contribution >= 4 is 10.0 Å². The van der Waals surface area contributed by atoms with E-state index >= 15 is 0 Å². The monoisotopic (exact) mass is 446 g/mol. The second-order valence-electron chi connectivity index (χ2n) is 7.06. The Balaban J connectivity index is 1.90. The zero-order valence-electron chi connectivity index (χ0n) is 17.4. The quantitative estimate of drug-likeness (QED) is 0.580. The minimum absolute atomic E-state index is 0.0337. The van der Waals surface area contributed by atoms with E-state index in [1.807, 2.05) is 22.9 Å². The third kappa shape index (κ3) is 3.64. The van der Waals surface area contributed by atoms with Gasteiger partial charge in [-0.15, -0.1) is 0 Å². The number of hydrogen-bond acceptors (Lipinski definition) is 5. The predicted octanol–water partition coefficient (Wildman–Crippen LogP) is 3.45. The van der Waals surface area contributed by atoms with E-state index in [-0.39, 0.29) is 11.4 Å². The Bertz CT molecular complexity index is 1170. The predicted molar refractivity (Wildman–Crippen MR) is 113 cm³/mol. The number of nitrogens with zero attached hydrogens (tertiary/aromatic N) is 2. The fourth-order valence-electron chi connectivity index (χ4n) is 3.96. The second kappa shape index (κ2) is 8.24. The Morgan fingerprint density at radius 3 is 2.16 bits per heavy atom. The summed E-state index contributed by atoms with van der Waals surface area (Å²) in [6.07, 6.45) is 1.92. The van der Waals surface area contributed by atoms with Crippen molar-refractivity contribution in [2.24, 2.45) is 0 Å². The molecule has 1 unspecified atom stereocenters. The van der Waals surface area contributed by atoms with Crippen molar-refractivity contribution in [1.29, 1.82) is 0 Å². The van der Waals surface area contributed by atoms with E-state index in [1.165, 1.54) is 37.8 Å². The molecule has 0 radical (unpaired) electrons. The molecule has 9 heteroatoms. The molecule has 0 N–H and O–H groups in total. The maximum absolute atomic E-state index is 13.6. The normalized spacial score (nSPS) is 16.6. The van der Waals surface area contributed by atoms with Crippen LogP contribution in [0.25, 0.3) is 0 Å². The molecule has 0 saturated carbocycles. The molecule has 4 rings (SSSR count). The summed E-state index contributed by atoms with van der Waals surface area (Å²) >= 11 is 0. The maximum Gasteiger partial charge on any atom is 0.244 e. The molecule has 1 atom stereocenters. The van der Waals surface area contributed by atoms with Gasteiger partial charge in [0.15, 0.2) is 11.5 Å². The first kappa shape index (κ1) is 21.2. The van der Waals surface area contributed by atoms with Crippen molar-refractivity contribution in [2.75, 3.05) is 27.9 Å². The highest BCUT2D eigenvalue weighted by Gasteiger charge is 2.38. The highest BCUT2D eigenvalue weighted by atomic mass is 32.2. The standard InChI is InChI=1S/C22H23FN2O5S/c1-28-19-13-15(14-20(29-2)22(19)30-3)21-18-5-4-10-24(18)11-12-25(21)31(26,27)17-8-6-16(23)7-9-17/h4-10,13-14,21H,11-12H2,1-3H3. The van der Waals surface area contributed by atoms with Crippen molar-refractivity contribution in [1.82, 2.24) is 8.87 Å². The third-order valence-electron chi connectivity index (χ3n) is 5.42. The third-order valence-corrected chi connectivity index (χ3v) is 7.30. The fourth-order valence-corrected chi connectivity index (χ4v) is 5.54. The summed E-state index contributed by atoms with van der Waals surface area (Å²) in [7, 11) is 0.623. The summed E-state index contributed by atoms with van der Waals surface area (Å²) in [6.45, 7) is 0.756. The Labute approximate surface area is 180 Å². The van der Waals surface area contributed by atoms with Crippen molar-refractivity contribution < 1.29 is 27.0 Å². The Morgan fingerprint density at radius 1 is 0.935 bits per heavy atom. The smallest absolute Gasteiger partial charge is 0.244 e. The number of methoxy groups -OCH3 is 3. The van der Waals surface area contributed by atoms with Crippen LogP contribution in [-0.4, -0.2) is 45.2 Å². The summed E-state index contributed by atoms with van der Waals surface area (Å²) in [5, 5.41) is 0. The van der Waals surface area contributed by atoms with Gasteiger partial charge in [-0.1, -0.05) is 0 Å². The zero-order chi connectivity index (χ0) is 22.2. The van der Waals surface area contributed by atoms with Gasteiger partial charge in [-0.25, -0.2) is 12.8 Å². The number of sulfonamides is 1. The Hall–Kier alpha value is -3.04. The van der Waals surface area contributed by atoms with Gasteiger partial charge in [0.25, 0.3) is 0 Å². The number of benzene rings is 2. The van der Waals surface area contributed by atoms with Gasteiger partial charge in [0, 0.05) is 25.0 Å². The maximum atomic E-state index is 13.6. The summed E-state index contributed by atoms with van der Waals surface area (Å²) in [5.41, 5.74) is 1.48. The molecule has 2 aromatic carbocycles. The van der Waals surface area contributed by atoms with Crippen LogP contribution in [0.15, 0.2) is 59.6 Å². The van der Waals surface area contributed by atoms with Gasteiger partial charge >= 0.3 is 0 Å². The molecule has 3 aromatic rings. The van der Waals surface area contributed by atoms with Gasteiger partial charge in [-0.2, -0.15) is 4.31 Å². The minimum atomic E-state index is -3.91. The lowest BCUT2D eigenvalue weighted by molar-refractivity contribution is 0.293. The number of fused-ring (bicyclic) bond motifs is 1. The molecule has 0 fully saturated rings. The average Bonchev–Trinajstić information content (AvgIpc) is 3.26. The largest absolute Gasteiger partial charge is 0.493 e. The minimum Gasteiger partial charge on any atom is -0.493 e. The van der Waals surface area contributed by atoms with Crippen molar-refractivity contribution in [3.05, 3.63) is 71.8 Å². The molecule has 7 nitrogen and oxygen atoms in total. The number of rotatable bonds is 6. The van der Waals surface area contributed by atoms with E-state index in [0.29, 0.717) is 29.4 Å². The molecule has 0 aliphatic carbocycles. The topological polar surface area (TPSA) is 70.0 Å². The molecule has 1 aromatic heterocycles. The molecule has 1 aliphatic rings. The Morgan fingerprint density at radius 2 is 1.58 bits per heavy atom. The summed E-state index contributed by atoms with van der Waals surface area (Å²) in [4.78, 5) is 0.0337. The average molecular weight is 447 g/mol. The molecule has 0 amide bonds. The van der Waals surface area contributed by atoms with Gasteiger partial charge < -0.3 is 18.8 Å². The van der Waals surface area contributed by atoms with Gasteiger partial charge in [0.2, 0.25) is 15.8 Å². The molecule has 0 spiro atoms. The number of ether oxygens (including phenoxy) is 3. The molecule has 0 saturated heterocycles. The SMILES string of the molecule is COc1cc(C2c3cccn3CCN2S(=O)(=O)c2ccc(F)cc2)cc(OC)c1OC. The lowest BCUT2D eigenvalue weighted by Crippen LogP contribution is -2.42.